The Kier molecular flexibility index (Phi) is 4.91. The Morgan fingerprint density at radius 2 is 1.68 bits per heavy atom. The van der Waals surface area contributed by atoms with Crippen molar-refractivity contribution < 1.29 is 16.8 Å². The predicted molar refractivity (Wildman–Crippen MR) is 89.6 cm³/mol. The van der Waals surface area contributed by atoms with Crippen LogP contribution in [0.4, 0.5) is 0 Å². The first-order chi connectivity index (χ1) is 11.8. The van der Waals surface area contributed by atoms with Crippen LogP contribution in [0.1, 0.15) is 6.42 Å². The Labute approximate surface area is 147 Å². The van der Waals surface area contributed by atoms with Crippen molar-refractivity contribution in [2.75, 3.05) is 26.2 Å². The summed E-state index contributed by atoms with van der Waals surface area (Å²) in [7, 11) is -5.72. The van der Waals surface area contributed by atoms with E-state index in [1.165, 1.54) is 39.6 Å². The van der Waals surface area contributed by atoms with Crippen molar-refractivity contribution in [2.45, 2.75) is 16.3 Å². The van der Waals surface area contributed by atoms with Gasteiger partial charge >= 0.3 is 0 Å². The molecule has 0 N–H and O–H groups in total. The van der Waals surface area contributed by atoms with Crippen LogP contribution in [-0.4, -0.2) is 66.2 Å². The summed E-state index contributed by atoms with van der Waals surface area (Å²) in [6.07, 6.45) is 6.06. The van der Waals surface area contributed by atoms with Crippen molar-refractivity contribution >= 4 is 20.0 Å². The summed E-state index contributed by atoms with van der Waals surface area (Å²) < 4.78 is 54.8. The molecule has 0 amide bonds. The van der Waals surface area contributed by atoms with Crippen LogP contribution in [0.2, 0.25) is 0 Å². The molecule has 11 heteroatoms. The van der Waals surface area contributed by atoms with Crippen LogP contribution in [0.5, 0.6) is 0 Å². The van der Waals surface area contributed by atoms with E-state index in [-0.39, 0.29) is 36.1 Å². The Morgan fingerprint density at radius 3 is 2.24 bits per heavy atom. The highest BCUT2D eigenvalue weighted by atomic mass is 32.2. The summed E-state index contributed by atoms with van der Waals surface area (Å²) in [4.78, 5) is 7.85. The summed E-state index contributed by atoms with van der Waals surface area (Å²) in [5.41, 5.74) is 0. The summed E-state index contributed by atoms with van der Waals surface area (Å²) in [6.45, 7) is 0.672. The van der Waals surface area contributed by atoms with Gasteiger partial charge in [-0.2, -0.15) is 8.61 Å². The minimum Gasteiger partial charge on any atom is -0.339 e. The van der Waals surface area contributed by atoms with E-state index in [0.29, 0.717) is 6.42 Å². The lowest BCUT2D eigenvalue weighted by molar-refractivity contribution is 0.403. The largest absolute Gasteiger partial charge is 0.339 e. The Hall–Kier alpha value is -1.82. The van der Waals surface area contributed by atoms with E-state index in [4.69, 9.17) is 0 Å². The maximum atomic E-state index is 12.7. The number of imidazole rings is 1. The highest BCUT2D eigenvalue weighted by Crippen LogP contribution is 2.20. The van der Waals surface area contributed by atoms with Crippen molar-refractivity contribution in [1.82, 2.24) is 23.1 Å². The van der Waals surface area contributed by atoms with Crippen molar-refractivity contribution in [3.63, 3.8) is 0 Å². The van der Waals surface area contributed by atoms with Gasteiger partial charge in [0.25, 0.3) is 10.0 Å². The molecular weight excluding hydrogens is 366 g/mol. The molecule has 0 radical (unpaired) electrons. The third kappa shape index (κ3) is 3.59. The molecule has 25 heavy (non-hydrogen) atoms. The van der Waals surface area contributed by atoms with Crippen LogP contribution in [0, 0.1) is 0 Å². The molecule has 2 aromatic rings. The molecule has 1 fully saturated rings. The molecule has 3 rings (SSSR count). The molecule has 0 spiro atoms. The third-order valence-corrected chi connectivity index (χ3v) is 7.64. The average molecular weight is 385 g/mol. The molecule has 0 atom stereocenters. The van der Waals surface area contributed by atoms with E-state index in [1.54, 1.807) is 17.7 Å². The van der Waals surface area contributed by atoms with E-state index in [1.807, 2.05) is 0 Å². The highest BCUT2D eigenvalue weighted by Gasteiger charge is 2.32. The molecule has 1 aliphatic heterocycles. The van der Waals surface area contributed by atoms with Gasteiger partial charge in [0.05, 0.1) is 6.33 Å². The van der Waals surface area contributed by atoms with E-state index in [0.717, 1.165) is 0 Å². The van der Waals surface area contributed by atoms with E-state index in [2.05, 4.69) is 9.97 Å². The summed E-state index contributed by atoms with van der Waals surface area (Å²) in [6, 6.07) is 3.04. The number of aryl methyl sites for hydroxylation is 1. The smallest absolute Gasteiger partial charge is 0.262 e. The lowest BCUT2D eigenvalue weighted by Crippen LogP contribution is -2.37. The van der Waals surface area contributed by atoms with Gasteiger partial charge in [-0.15, -0.1) is 0 Å². The van der Waals surface area contributed by atoms with Gasteiger partial charge < -0.3 is 4.57 Å². The average Bonchev–Trinajstić information content (AvgIpc) is 2.88. The molecule has 136 valence electrons. The number of aromatic nitrogens is 3. The zero-order chi connectivity index (χ0) is 18.1. The van der Waals surface area contributed by atoms with Crippen LogP contribution in [0.25, 0.3) is 0 Å². The second-order valence-electron chi connectivity index (χ2n) is 5.73. The second kappa shape index (κ2) is 6.83. The number of sulfonamides is 2. The lowest BCUT2D eigenvalue weighted by Gasteiger charge is -2.21. The van der Waals surface area contributed by atoms with Crippen LogP contribution in [0.15, 0.2) is 47.0 Å². The summed E-state index contributed by atoms with van der Waals surface area (Å²) >= 11 is 0. The van der Waals surface area contributed by atoms with Crippen molar-refractivity contribution in [3.8, 4) is 0 Å². The van der Waals surface area contributed by atoms with Crippen molar-refractivity contribution in [3.05, 3.63) is 37.1 Å². The normalized spacial score (nSPS) is 18.1. The van der Waals surface area contributed by atoms with Crippen LogP contribution in [-0.2, 0) is 27.1 Å². The molecule has 0 saturated carbocycles. The zero-order valence-electron chi connectivity index (χ0n) is 13.7. The second-order valence-corrected chi connectivity index (χ2v) is 9.55. The zero-order valence-corrected chi connectivity index (χ0v) is 15.3. The Balaban J connectivity index is 1.79. The van der Waals surface area contributed by atoms with Gasteiger partial charge in [-0.1, -0.05) is 0 Å². The van der Waals surface area contributed by atoms with Crippen LogP contribution < -0.4 is 0 Å². The lowest BCUT2D eigenvalue weighted by atomic mass is 10.4. The topological polar surface area (TPSA) is 105 Å². The van der Waals surface area contributed by atoms with E-state index < -0.39 is 20.0 Å². The molecule has 2 aromatic heterocycles. The molecular formula is C14H19N5O4S2. The predicted octanol–water partition coefficient (Wildman–Crippen LogP) is -0.0996. The van der Waals surface area contributed by atoms with E-state index in [9.17, 15) is 16.8 Å². The van der Waals surface area contributed by atoms with Gasteiger partial charge in [-0.25, -0.2) is 21.8 Å². The maximum Gasteiger partial charge on any atom is 0.262 e. The number of hydrogen-bond acceptors (Lipinski definition) is 6. The minimum absolute atomic E-state index is 0.0291. The molecule has 0 bridgehead atoms. The fourth-order valence-electron chi connectivity index (χ4n) is 2.65. The van der Waals surface area contributed by atoms with Gasteiger partial charge in [0, 0.05) is 51.8 Å². The molecule has 0 aromatic carbocycles. The molecule has 0 unspecified atom stereocenters. The number of rotatable bonds is 4. The number of pyridine rings is 1. The van der Waals surface area contributed by atoms with Gasteiger partial charge in [0.2, 0.25) is 10.0 Å². The van der Waals surface area contributed by atoms with Gasteiger partial charge in [0.1, 0.15) is 4.90 Å². The molecule has 0 aliphatic carbocycles. The Bertz CT molecular complexity index is 941. The molecule has 3 heterocycles. The number of nitrogens with zero attached hydrogens (tertiary/aromatic N) is 5. The van der Waals surface area contributed by atoms with Crippen molar-refractivity contribution in [2.24, 2.45) is 7.05 Å². The fraction of sp³-hybridized carbons (Fsp3) is 0.429. The quantitative estimate of drug-likeness (QED) is 0.728. The first kappa shape index (κ1) is 18.0. The monoisotopic (exact) mass is 385 g/mol. The van der Waals surface area contributed by atoms with Crippen molar-refractivity contribution in [1.29, 1.82) is 0 Å². The first-order valence-electron chi connectivity index (χ1n) is 7.70. The Morgan fingerprint density at radius 1 is 1.00 bits per heavy atom. The van der Waals surface area contributed by atoms with Gasteiger partial charge in [0.15, 0.2) is 5.03 Å². The van der Waals surface area contributed by atoms with Crippen LogP contribution >= 0.6 is 0 Å². The molecule has 1 aliphatic rings. The molecule has 1 saturated heterocycles. The summed E-state index contributed by atoms with van der Waals surface area (Å²) in [5.74, 6) is 0. The standard InChI is InChI=1S/C14H19N5O4S2/c1-17-11-14(16-12-17)25(22,23)19-7-3-6-18(8-9-19)24(20,21)13-4-2-5-15-10-13/h2,4-5,10-12H,3,6-9H2,1H3. The maximum absolute atomic E-state index is 12.7. The first-order valence-corrected chi connectivity index (χ1v) is 10.6. The van der Waals surface area contributed by atoms with E-state index >= 15 is 0 Å². The fourth-order valence-corrected chi connectivity index (χ4v) is 5.52. The number of hydrogen-bond donors (Lipinski definition) is 0. The van der Waals surface area contributed by atoms with Gasteiger partial charge in [-0.05, 0) is 18.6 Å². The minimum atomic E-state index is -3.73. The SMILES string of the molecule is Cn1cnc(S(=O)(=O)N2CCCN(S(=O)(=O)c3cccnc3)CC2)c1. The summed E-state index contributed by atoms with van der Waals surface area (Å²) in [5, 5.41) is -0.0291. The third-order valence-electron chi connectivity index (χ3n) is 3.97. The molecule has 9 nitrogen and oxygen atoms in total. The van der Waals surface area contributed by atoms with Crippen LogP contribution in [0.3, 0.4) is 0 Å². The van der Waals surface area contributed by atoms with Gasteiger partial charge in [-0.3, -0.25) is 4.98 Å². The highest BCUT2D eigenvalue weighted by molar-refractivity contribution is 7.89.